The van der Waals surface area contributed by atoms with Crippen LogP contribution in [0, 0.1) is 17.8 Å². The summed E-state index contributed by atoms with van der Waals surface area (Å²) in [5.74, 6) is 4.71. The van der Waals surface area contributed by atoms with Gasteiger partial charge in [-0.3, -0.25) is 9.20 Å². The number of aliphatic imine (C=N–C) groups is 1. The molecule has 0 aromatic carbocycles. The molecular weight excluding hydrogens is 318 g/mol. The summed E-state index contributed by atoms with van der Waals surface area (Å²) in [6.45, 7) is 3.06. The Morgan fingerprint density at radius 1 is 1.17 bits per heavy atom. The van der Waals surface area contributed by atoms with Gasteiger partial charge in [0.1, 0.15) is 0 Å². The molecule has 6 unspecified atom stereocenters. The topological polar surface area (TPSA) is 53.5 Å². The molecular formula is C19H35N3OS. The van der Waals surface area contributed by atoms with E-state index >= 15 is 0 Å². The second-order valence-corrected chi connectivity index (χ2v) is 10.0. The van der Waals surface area contributed by atoms with Crippen LogP contribution in [0.15, 0.2) is 4.99 Å². The van der Waals surface area contributed by atoms with Gasteiger partial charge in [-0.05, 0) is 62.7 Å². The molecule has 0 amide bonds. The maximum absolute atomic E-state index is 12.1. The molecule has 138 valence electrons. The largest absolute Gasteiger partial charge is 0.356 e. The highest BCUT2D eigenvalue weighted by atomic mass is 32.2. The zero-order valence-corrected chi connectivity index (χ0v) is 16.2. The van der Waals surface area contributed by atoms with Crippen LogP contribution in [0.3, 0.4) is 0 Å². The van der Waals surface area contributed by atoms with Crippen molar-refractivity contribution in [3.63, 3.8) is 0 Å². The zero-order chi connectivity index (χ0) is 16.9. The van der Waals surface area contributed by atoms with E-state index in [1.54, 1.807) is 0 Å². The van der Waals surface area contributed by atoms with Crippen molar-refractivity contribution in [2.75, 3.05) is 19.3 Å². The van der Waals surface area contributed by atoms with Crippen LogP contribution in [-0.4, -0.2) is 40.8 Å². The SMILES string of the molecule is CCS(=O)C1CCCC(NC(=NC)NCCC2CC3CCC2C3)C1. The van der Waals surface area contributed by atoms with Gasteiger partial charge < -0.3 is 10.6 Å². The smallest absolute Gasteiger partial charge is 0.191 e. The Balaban J connectivity index is 1.39. The van der Waals surface area contributed by atoms with Gasteiger partial charge >= 0.3 is 0 Å². The fraction of sp³-hybridized carbons (Fsp3) is 0.947. The van der Waals surface area contributed by atoms with Crippen LogP contribution in [0.25, 0.3) is 0 Å². The van der Waals surface area contributed by atoms with E-state index < -0.39 is 10.8 Å². The fourth-order valence-electron chi connectivity index (χ4n) is 5.24. The van der Waals surface area contributed by atoms with E-state index in [-0.39, 0.29) is 0 Å². The Morgan fingerprint density at radius 3 is 2.71 bits per heavy atom. The van der Waals surface area contributed by atoms with Gasteiger partial charge in [-0.15, -0.1) is 0 Å². The van der Waals surface area contributed by atoms with Crippen molar-refractivity contribution in [1.29, 1.82) is 0 Å². The highest BCUT2D eigenvalue weighted by Crippen LogP contribution is 2.49. The molecule has 3 saturated carbocycles. The van der Waals surface area contributed by atoms with E-state index in [1.165, 1.54) is 44.9 Å². The first-order chi connectivity index (χ1) is 11.7. The number of hydrogen-bond donors (Lipinski definition) is 2. The number of nitrogens with zero attached hydrogens (tertiary/aromatic N) is 1. The Morgan fingerprint density at radius 2 is 2.04 bits per heavy atom. The van der Waals surface area contributed by atoms with E-state index in [4.69, 9.17) is 0 Å². The third-order valence-corrected chi connectivity index (χ3v) is 8.28. The van der Waals surface area contributed by atoms with Gasteiger partial charge in [0.2, 0.25) is 0 Å². The van der Waals surface area contributed by atoms with Crippen LogP contribution in [0.1, 0.15) is 64.7 Å². The summed E-state index contributed by atoms with van der Waals surface area (Å²) in [6.07, 6.45) is 11.7. The molecule has 0 aliphatic heterocycles. The van der Waals surface area contributed by atoms with Crippen molar-refractivity contribution in [1.82, 2.24) is 10.6 Å². The average molecular weight is 354 g/mol. The standard InChI is InChI=1S/C19H35N3OS/c1-3-24(23)18-6-4-5-17(13-18)22-19(20-2)21-10-9-16-12-14-7-8-15(16)11-14/h14-18H,3-13H2,1-2H3,(H2,20,21,22). The Labute approximate surface area is 150 Å². The molecule has 2 N–H and O–H groups in total. The summed E-state index contributed by atoms with van der Waals surface area (Å²) >= 11 is 0. The van der Waals surface area contributed by atoms with Gasteiger partial charge in [0.25, 0.3) is 0 Å². The lowest BCUT2D eigenvalue weighted by molar-refractivity contribution is 0.314. The predicted octanol–water partition coefficient (Wildman–Crippen LogP) is 3.06. The van der Waals surface area contributed by atoms with Crippen molar-refractivity contribution in [3.05, 3.63) is 0 Å². The third-order valence-electron chi connectivity index (χ3n) is 6.54. The highest BCUT2D eigenvalue weighted by Gasteiger charge is 2.38. The third kappa shape index (κ3) is 4.53. The van der Waals surface area contributed by atoms with E-state index in [0.29, 0.717) is 11.3 Å². The molecule has 5 heteroatoms. The first kappa shape index (κ1) is 18.2. The molecule has 6 atom stereocenters. The van der Waals surface area contributed by atoms with E-state index in [2.05, 4.69) is 15.6 Å². The van der Waals surface area contributed by atoms with Gasteiger partial charge in [-0.1, -0.05) is 19.8 Å². The van der Waals surface area contributed by atoms with Crippen LogP contribution in [-0.2, 0) is 10.8 Å². The Kier molecular flexibility index (Phi) is 6.59. The highest BCUT2D eigenvalue weighted by molar-refractivity contribution is 7.85. The van der Waals surface area contributed by atoms with Gasteiger partial charge in [0.05, 0.1) is 0 Å². The Hall–Kier alpha value is -0.580. The summed E-state index contributed by atoms with van der Waals surface area (Å²) < 4.78 is 12.1. The molecule has 4 nitrogen and oxygen atoms in total. The van der Waals surface area contributed by atoms with Crippen molar-refractivity contribution < 1.29 is 4.21 Å². The number of nitrogens with one attached hydrogen (secondary N) is 2. The fourth-order valence-corrected chi connectivity index (χ4v) is 6.59. The minimum atomic E-state index is -0.659. The zero-order valence-electron chi connectivity index (χ0n) is 15.4. The summed E-state index contributed by atoms with van der Waals surface area (Å²) in [4.78, 5) is 4.40. The molecule has 2 bridgehead atoms. The average Bonchev–Trinajstić information content (AvgIpc) is 3.23. The minimum Gasteiger partial charge on any atom is -0.356 e. The minimum absolute atomic E-state index is 0.369. The van der Waals surface area contributed by atoms with E-state index in [1.807, 2.05) is 14.0 Å². The van der Waals surface area contributed by atoms with Crippen molar-refractivity contribution in [2.24, 2.45) is 22.7 Å². The van der Waals surface area contributed by atoms with Crippen LogP contribution in [0.5, 0.6) is 0 Å². The number of hydrogen-bond acceptors (Lipinski definition) is 2. The summed E-state index contributed by atoms with van der Waals surface area (Å²) in [7, 11) is 1.20. The van der Waals surface area contributed by atoms with Crippen molar-refractivity contribution in [2.45, 2.75) is 76.0 Å². The summed E-state index contributed by atoms with van der Waals surface area (Å²) in [5.41, 5.74) is 0. The lowest BCUT2D eigenvalue weighted by atomic mass is 9.86. The number of guanidine groups is 1. The molecule has 3 aliphatic rings. The van der Waals surface area contributed by atoms with Gasteiger partial charge in [0, 0.05) is 41.4 Å². The second-order valence-electron chi connectivity index (χ2n) is 8.02. The van der Waals surface area contributed by atoms with Crippen LogP contribution in [0.2, 0.25) is 0 Å². The molecule has 3 rings (SSSR count). The van der Waals surface area contributed by atoms with E-state index in [0.717, 1.165) is 48.9 Å². The van der Waals surface area contributed by atoms with Crippen molar-refractivity contribution in [3.8, 4) is 0 Å². The normalized spacial score (nSPS) is 37.4. The molecule has 24 heavy (non-hydrogen) atoms. The molecule has 0 radical (unpaired) electrons. The molecule has 3 aliphatic carbocycles. The van der Waals surface area contributed by atoms with Crippen molar-refractivity contribution >= 4 is 16.8 Å². The van der Waals surface area contributed by atoms with Crippen LogP contribution < -0.4 is 10.6 Å². The number of rotatable bonds is 6. The Bertz CT molecular complexity index is 468. The van der Waals surface area contributed by atoms with Gasteiger partial charge in [-0.2, -0.15) is 0 Å². The number of fused-ring (bicyclic) bond motifs is 2. The quantitative estimate of drug-likeness (QED) is 0.570. The maximum Gasteiger partial charge on any atom is 0.191 e. The maximum atomic E-state index is 12.1. The molecule has 0 spiro atoms. The second kappa shape index (κ2) is 8.68. The predicted molar refractivity (Wildman–Crippen MR) is 103 cm³/mol. The van der Waals surface area contributed by atoms with E-state index in [9.17, 15) is 4.21 Å². The molecule has 3 fully saturated rings. The summed E-state index contributed by atoms with van der Waals surface area (Å²) in [6, 6.07) is 0.424. The first-order valence-electron chi connectivity index (χ1n) is 10.0. The lowest BCUT2D eigenvalue weighted by Crippen LogP contribution is -2.47. The molecule has 0 heterocycles. The molecule has 0 aromatic heterocycles. The molecule has 0 aromatic rings. The van der Waals surface area contributed by atoms with Gasteiger partial charge in [-0.25, -0.2) is 0 Å². The van der Waals surface area contributed by atoms with Crippen LogP contribution in [0.4, 0.5) is 0 Å². The van der Waals surface area contributed by atoms with Gasteiger partial charge in [0.15, 0.2) is 5.96 Å². The molecule has 0 saturated heterocycles. The first-order valence-corrected chi connectivity index (χ1v) is 11.4. The monoisotopic (exact) mass is 353 g/mol. The summed E-state index contributed by atoms with van der Waals surface area (Å²) in [5, 5.41) is 7.47. The lowest BCUT2D eigenvalue weighted by Gasteiger charge is -2.30. The van der Waals surface area contributed by atoms with Crippen LogP contribution >= 0.6 is 0 Å².